The third-order valence-corrected chi connectivity index (χ3v) is 4.75. The van der Waals surface area contributed by atoms with E-state index >= 15 is 0 Å². The molecule has 1 aromatic rings. The van der Waals surface area contributed by atoms with Crippen molar-refractivity contribution in [3.8, 4) is 0 Å². The zero-order chi connectivity index (χ0) is 14.7. The second kappa shape index (κ2) is 6.48. The van der Waals surface area contributed by atoms with Crippen LogP contribution < -0.4 is 16.0 Å². The van der Waals surface area contributed by atoms with Crippen molar-refractivity contribution in [3.05, 3.63) is 24.3 Å². The first-order chi connectivity index (χ1) is 10.2. The van der Waals surface area contributed by atoms with Gasteiger partial charge in [-0.2, -0.15) is 0 Å². The van der Waals surface area contributed by atoms with Crippen molar-refractivity contribution >= 4 is 17.3 Å². The number of rotatable bonds is 3. The Kier molecular flexibility index (Phi) is 4.44. The van der Waals surface area contributed by atoms with Crippen molar-refractivity contribution in [3.63, 3.8) is 0 Å². The fraction of sp³-hybridized carbons (Fsp3) is 0.588. The number of nitrogens with two attached hydrogens (primary N) is 1. The van der Waals surface area contributed by atoms with Gasteiger partial charge in [0.2, 0.25) is 5.91 Å². The van der Waals surface area contributed by atoms with Crippen LogP contribution in [-0.4, -0.2) is 25.0 Å². The molecule has 0 aromatic heterocycles. The largest absolute Gasteiger partial charge is 0.372 e. The molecule has 0 bridgehead atoms. The minimum absolute atomic E-state index is 0.128. The van der Waals surface area contributed by atoms with Crippen molar-refractivity contribution in [1.29, 1.82) is 0 Å². The Morgan fingerprint density at radius 3 is 2.29 bits per heavy atom. The standard InChI is InChI=1S/C17H25N3O/c18-14-5-3-13(4-6-14)17(21)19-15-7-9-16(10-8-15)20-11-1-2-12-20/h7-10,13-14H,1-6,11-12,18H2,(H,19,21). The van der Waals surface area contributed by atoms with Gasteiger partial charge in [-0.05, 0) is 62.8 Å². The summed E-state index contributed by atoms with van der Waals surface area (Å²) in [5.74, 6) is 0.277. The van der Waals surface area contributed by atoms with Crippen LogP contribution in [0.1, 0.15) is 38.5 Å². The van der Waals surface area contributed by atoms with Gasteiger partial charge in [0.05, 0.1) is 0 Å². The molecule has 0 atom stereocenters. The van der Waals surface area contributed by atoms with E-state index in [4.69, 9.17) is 5.73 Å². The van der Waals surface area contributed by atoms with Gasteiger partial charge in [-0.25, -0.2) is 0 Å². The molecule has 3 rings (SSSR count). The van der Waals surface area contributed by atoms with Gasteiger partial charge in [-0.3, -0.25) is 4.79 Å². The van der Waals surface area contributed by atoms with E-state index in [0.717, 1.165) is 44.5 Å². The van der Waals surface area contributed by atoms with Crippen molar-refractivity contribution in [2.45, 2.75) is 44.6 Å². The summed E-state index contributed by atoms with van der Waals surface area (Å²) in [6.07, 6.45) is 6.32. The van der Waals surface area contributed by atoms with Crippen LogP contribution in [0.15, 0.2) is 24.3 Å². The van der Waals surface area contributed by atoms with Gasteiger partial charge in [0.15, 0.2) is 0 Å². The molecular weight excluding hydrogens is 262 g/mol. The number of amides is 1. The lowest BCUT2D eigenvalue weighted by molar-refractivity contribution is -0.120. The van der Waals surface area contributed by atoms with E-state index in [1.807, 2.05) is 12.1 Å². The quantitative estimate of drug-likeness (QED) is 0.898. The van der Waals surface area contributed by atoms with Crippen LogP contribution in [0.4, 0.5) is 11.4 Å². The average Bonchev–Trinajstić information content (AvgIpc) is 3.03. The van der Waals surface area contributed by atoms with Crippen LogP contribution >= 0.6 is 0 Å². The minimum Gasteiger partial charge on any atom is -0.372 e. The number of carbonyl (C=O) groups is 1. The Labute approximate surface area is 126 Å². The molecule has 2 fully saturated rings. The van der Waals surface area contributed by atoms with Gasteiger partial charge < -0.3 is 16.0 Å². The first-order valence-electron chi connectivity index (χ1n) is 8.14. The summed E-state index contributed by atoms with van der Waals surface area (Å²) in [7, 11) is 0. The third kappa shape index (κ3) is 3.56. The molecular formula is C17H25N3O. The first-order valence-corrected chi connectivity index (χ1v) is 8.14. The molecule has 114 valence electrons. The molecule has 1 aliphatic carbocycles. The highest BCUT2D eigenvalue weighted by Crippen LogP contribution is 2.26. The maximum absolute atomic E-state index is 12.3. The van der Waals surface area contributed by atoms with Crippen molar-refractivity contribution in [1.82, 2.24) is 0 Å². The molecule has 0 spiro atoms. The number of benzene rings is 1. The van der Waals surface area contributed by atoms with Gasteiger partial charge in [-0.15, -0.1) is 0 Å². The Morgan fingerprint density at radius 1 is 1.05 bits per heavy atom. The Morgan fingerprint density at radius 2 is 1.67 bits per heavy atom. The van der Waals surface area contributed by atoms with Crippen LogP contribution in [0.5, 0.6) is 0 Å². The highest BCUT2D eigenvalue weighted by atomic mass is 16.1. The normalized spacial score (nSPS) is 25.9. The number of hydrogen-bond donors (Lipinski definition) is 2. The van der Waals surface area contributed by atoms with E-state index in [-0.39, 0.29) is 17.9 Å². The van der Waals surface area contributed by atoms with Crippen molar-refractivity contribution in [2.75, 3.05) is 23.3 Å². The lowest BCUT2D eigenvalue weighted by atomic mass is 9.86. The highest BCUT2D eigenvalue weighted by molar-refractivity contribution is 5.92. The predicted molar refractivity (Wildman–Crippen MR) is 86.5 cm³/mol. The van der Waals surface area contributed by atoms with Gasteiger partial charge in [0.25, 0.3) is 0 Å². The molecule has 1 aliphatic heterocycles. The first kappa shape index (κ1) is 14.4. The smallest absolute Gasteiger partial charge is 0.227 e. The van der Waals surface area contributed by atoms with Crippen LogP contribution in [-0.2, 0) is 4.79 Å². The van der Waals surface area contributed by atoms with Crippen LogP contribution in [0, 0.1) is 5.92 Å². The van der Waals surface area contributed by atoms with Gasteiger partial charge >= 0.3 is 0 Å². The lowest BCUT2D eigenvalue weighted by Gasteiger charge is -2.25. The van der Waals surface area contributed by atoms with E-state index in [1.54, 1.807) is 0 Å². The van der Waals surface area contributed by atoms with E-state index in [0.29, 0.717) is 0 Å². The van der Waals surface area contributed by atoms with E-state index in [2.05, 4.69) is 22.3 Å². The van der Waals surface area contributed by atoms with Crippen LogP contribution in [0.2, 0.25) is 0 Å². The van der Waals surface area contributed by atoms with E-state index in [9.17, 15) is 4.79 Å². The second-order valence-electron chi connectivity index (χ2n) is 6.34. The fourth-order valence-corrected chi connectivity index (χ4v) is 3.36. The molecule has 2 aliphatic rings. The summed E-state index contributed by atoms with van der Waals surface area (Å²) in [5, 5.41) is 3.05. The SMILES string of the molecule is NC1CCC(C(=O)Nc2ccc(N3CCCC3)cc2)CC1. The topological polar surface area (TPSA) is 58.4 Å². The van der Waals surface area contributed by atoms with Crippen LogP contribution in [0.25, 0.3) is 0 Å². The predicted octanol–water partition coefficient (Wildman–Crippen LogP) is 2.74. The maximum atomic E-state index is 12.3. The zero-order valence-electron chi connectivity index (χ0n) is 12.6. The monoisotopic (exact) mass is 287 g/mol. The molecule has 0 radical (unpaired) electrons. The van der Waals surface area contributed by atoms with Crippen molar-refractivity contribution in [2.24, 2.45) is 11.7 Å². The molecule has 0 unspecified atom stereocenters. The summed E-state index contributed by atoms with van der Waals surface area (Å²) >= 11 is 0. The van der Waals surface area contributed by atoms with Crippen molar-refractivity contribution < 1.29 is 4.79 Å². The molecule has 1 saturated carbocycles. The summed E-state index contributed by atoms with van der Waals surface area (Å²) in [4.78, 5) is 14.6. The van der Waals surface area contributed by atoms with E-state index < -0.39 is 0 Å². The molecule has 1 saturated heterocycles. The third-order valence-electron chi connectivity index (χ3n) is 4.75. The Balaban J connectivity index is 1.56. The second-order valence-corrected chi connectivity index (χ2v) is 6.34. The lowest BCUT2D eigenvalue weighted by Crippen LogP contribution is -2.32. The molecule has 1 aromatic carbocycles. The minimum atomic E-state index is 0.128. The number of hydrogen-bond acceptors (Lipinski definition) is 3. The highest BCUT2D eigenvalue weighted by Gasteiger charge is 2.24. The number of carbonyl (C=O) groups excluding carboxylic acids is 1. The van der Waals surface area contributed by atoms with Gasteiger partial charge in [-0.1, -0.05) is 0 Å². The molecule has 21 heavy (non-hydrogen) atoms. The molecule has 3 N–H and O–H groups in total. The summed E-state index contributed by atoms with van der Waals surface area (Å²) in [6, 6.07) is 8.53. The average molecular weight is 287 g/mol. The number of nitrogens with one attached hydrogen (secondary N) is 1. The van der Waals surface area contributed by atoms with Gasteiger partial charge in [0, 0.05) is 36.4 Å². The number of nitrogens with zero attached hydrogens (tertiary/aromatic N) is 1. The zero-order valence-corrected chi connectivity index (χ0v) is 12.6. The summed E-state index contributed by atoms with van der Waals surface area (Å²) in [6.45, 7) is 2.29. The van der Waals surface area contributed by atoms with Crippen LogP contribution in [0.3, 0.4) is 0 Å². The molecule has 1 heterocycles. The fourth-order valence-electron chi connectivity index (χ4n) is 3.36. The maximum Gasteiger partial charge on any atom is 0.227 e. The summed E-state index contributed by atoms with van der Waals surface area (Å²) in [5.41, 5.74) is 8.05. The molecule has 4 heteroatoms. The van der Waals surface area contributed by atoms with E-state index in [1.165, 1.54) is 18.5 Å². The Hall–Kier alpha value is -1.55. The molecule has 4 nitrogen and oxygen atoms in total. The molecule has 1 amide bonds. The summed E-state index contributed by atoms with van der Waals surface area (Å²) < 4.78 is 0. The number of anilines is 2. The van der Waals surface area contributed by atoms with Gasteiger partial charge in [0.1, 0.15) is 0 Å². The Bertz CT molecular complexity index is 471.